The molecule has 0 aromatic heterocycles. The van der Waals surface area contributed by atoms with Crippen LogP contribution in [0.3, 0.4) is 0 Å². The number of unbranched alkanes of at least 4 members (excludes halogenated alkanes) is 6. The molecule has 1 spiro atoms. The van der Waals surface area contributed by atoms with Crippen molar-refractivity contribution in [3.05, 3.63) is 23.3 Å². The quantitative estimate of drug-likeness (QED) is 0.104. The summed E-state index contributed by atoms with van der Waals surface area (Å²) in [5, 5.41) is 24.7. The number of esters is 3. The molecule has 0 saturated heterocycles. The average Bonchev–Trinajstić information content (AvgIpc) is 3.42. The van der Waals surface area contributed by atoms with Gasteiger partial charge in [-0.25, -0.2) is 0 Å². The molecular weight excluding hydrogens is 588 g/mol. The van der Waals surface area contributed by atoms with Crippen LogP contribution >= 0.6 is 0 Å². The second-order valence-corrected chi connectivity index (χ2v) is 15.3. The minimum atomic E-state index is -2.26. The molecule has 0 aliphatic heterocycles. The molecule has 46 heavy (non-hydrogen) atoms. The van der Waals surface area contributed by atoms with E-state index in [0.717, 1.165) is 25.7 Å². The first-order chi connectivity index (χ1) is 21.5. The Morgan fingerprint density at radius 1 is 1.02 bits per heavy atom. The summed E-state index contributed by atoms with van der Waals surface area (Å²) in [7, 11) is 0. The first-order valence-corrected chi connectivity index (χ1v) is 17.4. The van der Waals surface area contributed by atoms with Gasteiger partial charge in [0.25, 0.3) is 0 Å². The number of hydrogen-bond donors (Lipinski definition) is 2. The Kier molecular flexibility index (Phi) is 10.7. The number of aliphatic hydroxyl groups is 2. The highest BCUT2D eigenvalue weighted by Crippen LogP contribution is 2.74. The van der Waals surface area contributed by atoms with E-state index in [9.17, 15) is 29.4 Å². The normalized spacial score (nSPS) is 34.7. The van der Waals surface area contributed by atoms with E-state index in [1.165, 1.54) is 26.2 Å². The maximum atomic E-state index is 14.8. The summed E-state index contributed by atoms with van der Waals surface area (Å²) < 4.78 is 17.6. The lowest BCUT2D eigenvalue weighted by Gasteiger charge is -2.46. The number of allylic oxidation sites excluding steroid dienone is 1. The van der Waals surface area contributed by atoms with Gasteiger partial charge < -0.3 is 24.4 Å². The molecule has 0 aromatic carbocycles. The van der Waals surface area contributed by atoms with Crippen molar-refractivity contribution in [1.29, 1.82) is 0 Å². The highest BCUT2D eigenvalue weighted by molar-refractivity contribution is 5.95. The van der Waals surface area contributed by atoms with Crippen molar-refractivity contribution in [2.24, 2.45) is 34.5 Å². The van der Waals surface area contributed by atoms with Crippen molar-refractivity contribution < 1.29 is 43.6 Å². The number of aliphatic hydroxyl groups excluding tert-OH is 1. The number of fused-ring (bicyclic) bond motifs is 3. The Morgan fingerprint density at radius 2 is 1.65 bits per heavy atom. The van der Waals surface area contributed by atoms with Gasteiger partial charge in [-0.3, -0.25) is 19.2 Å². The summed E-state index contributed by atoms with van der Waals surface area (Å²) in [6.07, 6.45) is 8.51. The molecule has 4 aliphatic rings. The summed E-state index contributed by atoms with van der Waals surface area (Å²) in [5.74, 6) is -3.52. The third-order valence-corrected chi connectivity index (χ3v) is 11.8. The van der Waals surface area contributed by atoms with Gasteiger partial charge in [0.15, 0.2) is 17.5 Å². The maximum absolute atomic E-state index is 14.8. The highest BCUT2D eigenvalue weighted by Gasteiger charge is 2.82. The number of carbonyl (C=O) groups is 4. The third-order valence-electron chi connectivity index (χ3n) is 11.8. The molecule has 1 unspecified atom stereocenters. The minimum absolute atomic E-state index is 0.0332. The van der Waals surface area contributed by atoms with E-state index in [2.05, 4.69) is 6.92 Å². The van der Waals surface area contributed by atoms with Crippen LogP contribution in [0.1, 0.15) is 120 Å². The Balaban J connectivity index is 1.68. The van der Waals surface area contributed by atoms with Crippen molar-refractivity contribution in [2.75, 3.05) is 6.61 Å². The van der Waals surface area contributed by atoms with E-state index in [-0.39, 0.29) is 36.3 Å². The van der Waals surface area contributed by atoms with Gasteiger partial charge in [0.1, 0.15) is 18.3 Å². The average molecular weight is 645 g/mol. The van der Waals surface area contributed by atoms with Gasteiger partial charge in [0.05, 0.1) is 11.3 Å². The van der Waals surface area contributed by atoms with Crippen LogP contribution in [0, 0.1) is 34.5 Å². The fourth-order valence-electron chi connectivity index (χ4n) is 8.61. The van der Waals surface area contributed by atoms with Crippen molar-refractivity contribution in [2.45, 2.75) is 143 Å². The van der Waals surface area contributed by atoms with Crippen LogP contribution in [0.5, 0.6) is 0 Å². The van der Waals surface area contributed by atoms with E-state index in [4.69, 9.17) is 14.2 Å². The van der Waals surface area contributed by atoms with Crippen molar-refractivity contribution in [3.63, 3.8) is 0 Å². The molecule has 2 saturated carbocycles. The molecule has 0 heterocycles. The van der Waals surface area contributed by atoms with Crippen LogP contribution in [-0.4, -0.2) is 63.9 Å². The standard InChI is InChI=1S/C37H56O9/c1-9-10-11-12-13-14-15-16-28(39)46-36-18-17-35-20-23(4)32(45-33(42)24(5)22(2)3)37(35,43)30(40)26(21-44-25(6)38)19-27(31(35)41)29(36)34(36,7)8/h19-20,22,24,27,29-30,32,40,43H,9-18,21H2,1-8H3/t24?,27-,29-,30+,32-,35+,36-,37-/m0/s1. The minimum Gasteiger partial charge on any atom is -0.461 e. The van der Waals surface area contributed by atoms with E-state index in [0.29, 0.717) is 18.4 Å². The molecular formula is C37H56O9. The van der Waals surface area contributed by atoms with Crippen LogP contribution in [-0.2, 0) is 33.4 Å². The largest absolute Gasteiger partial charge is 0.461 e. The Morgan fingerprint density at radius 3 is 2.26 bits per heavy atom. The van der Waals surface area contributed by atoms with E-state index in [1.54, 1.807) is 26.0 Å². The topological polar surface area (TPSA) is 136 Å². The highest BCUT2D eigenvalue weighted by atomic mass is 16.6. The van der Waals surface area contributed by atoms with Gasteiger partial charge in [-0.05, 0) is 43.3 Å². The monoisotopic (exact) mass is 644 g/mol. The van der Waals surface area contributed by atoms with Crippen LogP contribution in [0.25, 0.3) is 0 Å². The lowest BCUT2D eigenvalue weighted by molar-refractivity contribution is -0.200. The van der Waals surface area contributed by atoms with Crippen LogP contribution in [0.15, 0.2) is 23.3 Å². The van der Waals surface area contributed by atoms with Crippen molar-refractivity contribution >= 4 is 23.7 Å². The number of Topliss-reactive ketones (excluding diaryl/α,β-unsaturated/α-hetero) is 1. The molecule has 0 radical (unpaired) electrons. The van der Waals surface area contributed by atoms with Gasteiger partial charge in [-0.1, -0.05) is 92.2 Å². The number of carbonyl (C=O) groups excluding carboxylic acids is 4. The zero-order valence-electron chi connectivity index (χ0n) is 29.1. The molecule has 2 fully saturated rings. The van der Waals surface area contributed by atoms with E-state index in [1.807, 2.05) is 27.7 Å². The summed E-state index contributed by atoms with van der Waals surface area (Å²) in [6.45, 7) is 14.3. The molecule has 0 aromatic rings. The lowest BCUT2D eigenvalue weighted by atomic mass is 9.63. The van der Waals surface area contributed by atoms with Gasteiger partial charge in [-0.15, -0.1) is 0 Å². The Hall–Kier alpha value is -2.52. The lowest BCUT2D eigenvalue weighted by Crippen LogP contribution is -2.64. The van der Waals surface area contributed by atoms with Gasteiger partial charge in [-0.2, -0.15) is 0 Å². The first-order valence-electron chi connectivity index (χ1n) is 17.4. The summed E-state index contributed by atoms with van der Waals surface area (Å²) in [4.78, 5) is 53.2. The van der Waals surface area contributed by atoms with Crippen molar-refractivity contribution in [1.82, 2.24) is 0 Å². The van der Waals surface area contributed by atoms with Crippen molar-refractivity contribution in [3.8, 4) is 0 Å². The Labute approximate surface area is 274 Å². The molecule has 4 rings (SSSR count). The molecule has 8 atom stereocenters. The predicted octanol–water partition coefficient (Wildman–Crippen LogP) is 5.79. The predicted molar refractivity (Wildman–Crippen MR) is 172 cm³/mol. The number of rotatable bonds is 14. The molecule has 9 nitrogen and oxygen atoms in total. The number of ether oxygens (including phenoxy) is 3. The van der Waals surface area contributed by atoms with Gasteiger partial charge >= 0.3 is 17.9 Å². The summed E-state index contributed by atoms with van der Waals surface area (Å²) in [6, 6.07) is 0. The van der Waals surface area contributed by atoms with Crippen LogP contribution in [0.4, 0.5) is 0 Å². The van der Waals surface area contributed by atoms with E-state index >= 15 is 0 Å². The third kappa shape index (κ3) is 5.99. The molecule has 0 amide bonds. The van der Waals surface area contributed by atoms with Crippen LogP contribution < -0.4 is 0 Å². The second kappa shape index (κ2) is 13.5. The summed E-state index contributed by atoms with van der Waals surface area (Å²) >= 11 is 0. The first kappa shape index (κ1) is 36.3. The van der Waals surface area contributed by atoms with E-state index < -0.39 is 63.9 Å². The zero-order chi connectivity index (χ0) is 34.2. The molecule has 4 aliphatic carbocycles. The molecule has 2 N–H and O–H groups in total. The fourth-order valence-corrected chi connectivity index (χ4v) is 8.61. The molecule has 258 valence electrons. The number of hydrogen-bond acceptors (Lipinski definition) is 9. The second-order valence-electron chi connectivity index (χ2n) is 15.3. The molecule has 2 bridgehead atoms. The smallest absolute Gasteiger partial charge is 0.309 e. The SMILES string of the molecule is CCCCCCCCCC(=O)O[C@@]12CC[C@]34C=C(C)[C@H](OC(=O)C(C)C(C)C)[C@@]3(O)[C@H](O)C(COC(C)=O)=C[C@H](C4=O)[C@H]1C2(C)C. The molecule has 9 heteroatoms. The Bertz CT molecular complexity index is 1260. The maximum Gasteiger partial charge on any atom is 0.309 e. The summed E-state index contributed by atoms with van der Waals surface area (Å²) in [5.41, 5.74) is -4.77. The van der Waals surface area contributed by atoms with Crippen LogP contribution in [0.2, 0.25) is 0 Å². The fraction of sp³-hybridized carbons (Fsp3) is 0.784. The number of ketones is 1. The van der Waals surface area contributed by atoms with Gasteiger partial charge in [0.2, 0.25) is 0 Å². The van der Waals surface area contributed by atoms with Gasteiger partial charge in [0, 0.05) is 30.6 Å². The zero-order valence-corrected chi connectivity index (χ0v) is 29.1.